The molecule has 0 saturated heterocycles. The van der Waals surface area contributed by atoms with Gasteiger partial charge in [0.15, 0.2) is 6.10 Å². The second-order valence-corrected chi connectivity index (χ2v) is 13.8. The van der Waals surface area contributed by atoms with Gasteiger partial charge in [-0.1, -0.05) is 146 Å². The highest BCUT2D eigenvalue weighted by Crippen LogP contribution is 2.36. The number of hydrogen-bond donors (Lipinski definition) is 2. The summed E-state index contributed by atoms with van der Waals surface area (Å²) in [4.78, 5) is 42.6. The van der Waals surface area contributed by atoms with E-state index in [-0.39, 0.29) is 19.4 Å². The van der Waals surface area contributed by atoms with Crippen LogP contribution in [0.5, 0.6) is 0 Å². The minimum absolute atomic E-state index is 0.174. The second-order valence-electron chi connectivity index (χ2n) is 12.6. The summed E-state index contributed by atoms with van der Waals surface area (Å²) in [5.41, 5.74) is 0. The van der Waals surface area contributed by atoms with E-state index in [4.69, 9.17) is 19.3 Å². The van der Waals surface area contributed by atoms with Gasteiger partial charge < -0.3 is 19.3 Å². The number of rotatable bonds is 34. The maximum Gasteiger partial charge on any atom is 0.469 e. The molecule has 0 fully saturated rings. The Morgan fingerprint density at radius 3 is 1.44 bits per heavy atom. The molecular weight excluding hydrogens is 627 g/mol. The molecule has 278 valence electrons. The summed E-state index contributed by atoms with van der Waals surface area (Å²) in [7, 11) is -4.76. The van der Waals surface area contributed by atoms with Gasteiger partial charge in [-0.15, -0.1) is 0 Å². The number of esters is 2. The Balaban J connectivity index is 4.04. The molecule has 0 aliphatic carbocycles. The minimum Gasteiger partial charge on any atom is -0.462 e. The molecule has 0 amide bonds. The fourth-order valence-electron chi connectivity index (χ4n) is 5.00. The predicted molar refractivity (Wildman–Crippen MR) is 198 cm³/mol. The van der Waals surface area contributed by atoms with Crippen LogP contribution >= 0.6 is 7.82 Å². The lowest BCUT2D eigenvalue weighted by molar-refractivity contribution is -0.161. The first-order valence-corrected chi connectivity index (χ1v) is 20.5. The smallest absolute Gasteiger partial charge is 0.462 e. The largest absolute Gasteiger partial charge is 0.469 e. The molecule has 0 aliphatic rings. The van der Waals surface area contributed by atoms with Crippen LogP contribution in [-0.2, 0) is 28.2 Å². The van der Waals surface area contributed by atoms with Gasteiger partial charge in [-0.3, -0.25) is 14.1 Å². The molecule has 0 bridgehead atoms. The zero-order valence-electron chi connectivity index (χ0n) is 30.4. The lowest BCUT2D eigenvalue weighted by Gasteiger charge is -2.18. The van der Waals surface area contributed by atoms with Gasteiger partial charge in [0.25, 0.3) is 0 Å². The summed E-state index contributed by atoms with van der Waals surface area (Å²) in [6, 6.07) is 0. The Labute approximate surface area is 293 Å². The Morgan fingerprint density at radius 2 is 0.938 bits per heavy atom. The fraction of sp³-hybridized carbons (Fsp3) is 0.744. The molecule has 0 aromatic carbocycles. The van der Waals surface area contributed by atoms with Crippen molar-refractivity contribution in [1.29, 1.82) is 0 Å². The number of unbranched alkanes of at least 4 members (excludes halogenated alkanes) is 16. The summed E-state index contributed by atoms with van der Waals surface area (Å²) in [6.07, 6.45) is 41.2. The van der Waals surface area contributed by atoms with E-state index < -0.39 is 32.5 Å². The van der Waals surface area contributed by atoms with Crippen LogP contribution in [0, 0.1) is 0 Å². The van der Waals surface area contributed by atoms with Crippen molar-refractivity contribution in [3.05, 3.63) is 48.6 Å². The van der Waals surface area contributed by atoms with Gasteiger partial charge in [0.2, 0.25) is 0 Å². The van der Waals surface area contributed by atoms with Crippen LogP contribution < -0.4 is 0 Å². The number of phosphoric ester groups is 1. The third kappa shape index (κ3) is 36.8. The average Bonchev–Trinajstić information content (AvgIpc) is 3.05. The summed E-state index contributed by atoms with van der Waals surface area (Å²) >= 11 is 0. The summed E-state index contributed by atoms with van der Waals surface area (Å²) in [5.74, 6) is -0.923. The second kappa shape index (κ2) is 34.9. The highest BCUT2D eigenvalue weighted by Gasteiger charge is 2.22. The number of allylic oxidation sites excluding steroid dienone is 8. The third-order valence-electron chi connectivity index (χ3n) is 7.85. The molecule has 0 saturated carbocycles. The van der Waals surface area contributed by atoms with E-state index in [9.17, 15) is 14.2 Å². The molecular formula is C39H69O8P. The van der Waals surface area contributed by atoms with Gasteiger partial charge in [-0.25, -0.2) is 4.57 Å². The van der Waals surface area contributed by atoms with E-state index >= 15 is 0 Å². The number of carbonyl (C=O) groups excluding carboxylic acids is 2. The van der Waals surface area contributed by atoms with Gasteiger partial charge >= 0.3 is 19.8 Å². The van der Waals surface area contributed by atoms with Gasteiger partial charge in [-0.2, -0.15) is 0 Å². The molecule has 0 aromatic rings. The molecule has 2 N–H and O–H groups in total. The molecule has 0 aromatic heterocycles. The first kappa shape index (κ1) is 46.0. The van der Waals surface area contributed by atoms with Crippen LogP contribution in [0.25, 0.3) is 0 Å². The predicted octanol–water partition coefficient (Wildman–Crippen LogP) is 11.2. The van der Waals surface area contributed by atoms with Crippen molar-refractivity contribution in [3.63, 3.8) is 0 Å². The standard InChI is InChI=1S/C39H69O8P/c1-3-5-7-9-11-13-15-16-17-18-19-20-21-22-24-26-28-30-32-34-39(41)47-37(36-46-48(42,43)44)35-45-38(40)33-31-29-27-25-23-14-12-10-8-6-4-2/h11,13,16-17,19-20,22,24,37H,3-10,12,14-15,18,21,23,25-36H2,1-2H3,(H2,42,43,44)/b13-11-,17-16-,20-19-,24-22-/t37-/m1/s1. The highest BCUT2D eigenvalue weighted by atomic mass is 31.2. The van der Waals surface area contributed by atoms with Crippen molar-refractivity contribution in [2.24, 2.45) is 0 Å². The normalized spacial score (nSPS) is 13.0. The molecule has 0 radical (unpaired) electrons. The van der Waals surface area contributed by atoms with Crippen molar-refractivity contribution in [2.75, 3.05) is 13.2 Å². The van der Waals surface area contributed by atoms with Gasteiger partial charge in [0, 0.05) is 12.8 Å². The van der Waals surface area contributed by atoms with Crippen molar-refractivity contribution in [2.45, 2.75) is 174 Å². The van der Waals surface area contributed by atoms with E-state index in [2.05, 4.69) is 67.0 Å². The first-order valence-electron chi connectivity index (χ1n) is 18.9. The van der Waals surface area contributed by atoms with Crippen LogP contribution in [-0.4, -0.2) is 41.0 Å². The lowest BCUT2D eigenvalue weighted by Crippen LogP contribution is -2.29. The third-order valence-corrected chi connectivity index (χ3v) is 8.34. The highest BCUT2D eigenvalue weighted by molar-refractivity contribution is 7.46. The van der Waals surface area contributed by atoms with Crippen molar-refractivity contribution in [3.8, 4) is 0 Å². The first-order chi connectivity index (χ1) is 23.3. The van der Waals surface area contributed by atoms with Crippen LogP contribution in [0.3, 0.4) is 0 Å². The van der Waals surface area contributed by atoms with Crippen molar-refractivity contribution < 1.29 is 37.9 Å². The molecule has 8 nitrogen and oxygen atoms in total. The molecule has 0 unspecified atom stereocenters. The van der Waals surface area contributed by atoms with Crippen molar-refractivity contribution in [1.82, 2.24) is 0 Å². The summed E-state index contributed by atoms with van der Waals surface area (Å²) in [6.45, 7) is 3.61. The Hall–Kier alpha value is -1.99. The van der Waals surface area contributed by atoms with Crippen LogP contribution in [0.2, 0.25) is 0 Å². The number of phosphoric acid groups is 1. The molecule has 0 aliphatic heterocycles. The van der Waals surface area contributed by atoms with E-state index in [1.807, 2.05) is 0 Å². The van der Waals surface area contributed by atoms with Gasteiger partial charge in [0.1, 0.15) is 6.61 Å². The van der Waals surface area contributed by atoms with Crippen molar-refractivity contribution >= 4 is 19.8 Å². The Morgan fingerprint density at radius 1 is 0.542 bits per heavy atom. The van der Waals surface area contributed by atoms with E-state index in [1.165, 1.54) is 77.0 Å². The quantitative estimate of drug-likeness (QED) is 0.0295. The van der Waals surface area contributed by atoms with Gasteiger partial charge in [-0.05, 0) is 57.8 Å². The topological polar surface area (TPSA) is 119 Å². The van der Waals surface area contributed by atoms with Crippen LogP contribution in [0.15, 0.2) is 48.6 Å². The minimum atomic E-state index is -4.76. The maximum atomic E-state index is 12.3. The zero-order valence-corrected chi connectivity index (χ0v) is 31.3. The fourth-order valence-corrected chi connectivity index (χ4v) is 5.36. The number of hydrogen-bond acceptors (Lipinski definition) is 6. The van der Waals surface area contributed by atoms with Gasteiger partial charge in [0.05, 0.1) is 6.61 Å². The summed E-state index contributed by atoms with van der Waals surface area (Å²) < 4.78 is 26.3. The number of carbonyl (C=O) groups is 2. The molecule has 0 heterocycles. The SMILES string of the molecule is CCCCC/C=C\C/C=C\C/C=C\C/C=C\CCCCCC(=O)O[C@H](COC(=O)CCCCCCCCCCCCC)COP(=O)(O)O. The zero-order chi connectivity index (χ0) is 35.4. The molecule has 1 atom stereocenters. The molecule has 0 rings (SSSR count). The Bertz CT molecular complexity index is 921. The summed E-state index contributed by atoms with van der Waals surface area (Å²) in [5, 5.41) is 0. The monoisotopic (exact) mass is 696 g/mol. The maximum absolute atomic E-state index is 12.3. The van der Waals surface area contributed by atoms with E-state index in [1.54, 1.807) is 0 Å². The molecule has 0 spiro atoms. The van der Waals surface area contributed by atoms with Crippen LogP contribution in [0.4, 0.5) is 0 Å². The lowest BCUT2D eigenvalue weighted by atomic mass is 10.1. The van der Waals surface area contributed by atoms with E-state index in [0.717, 1.165) is 57.8 Å². The van der Waals surface area contributed by atoms with Crippen LogP contribution in [0.1, 0.15) is 168 Å². The Kier molecular flexibility index (Phi) is 33.4. The van der Waals surface area contributed by atoms with E-state index in [0.29, 0.717) is 6.42 Å². The molecule has 48 heavy (non-hydrogen) atoms. The average molecular weight is 697 g/mol. The molecule has 9 heteroatoms. The number of ether oxygens (including phenoxy) is 2.